The van der Waals surface area contributed by atoms with Gasteiger partial charge in [0.15, 0.2) is 12.2 Å². The van der Waals surface area contributed by atoms with Crippen LogP contribution in [0.5, 0.6) is 0 Å². The van der Waals surface area contributed by atoms with Crippen molar-refractivity contribution in [3.8, 4) is 0 Å². The van der Waals surface area contributed by atoms with Gasteiger partial charge in [-0.25, -0.2) is 9.13 Å². The van der Waals surface area contributed by atoms with Crippen LogP contribution in [0.25, 0.3) is 0 Å². The van der Waals surface area contributed by atoms with Crippen molar-refractivity contribution in [3.05, 3.63) is 182 Å². The molecule has 104 heavy (non-hydrogen) atoms. The summed E-state index contributed by atoms with van der Waals surface area (Å²) in [7, 11) is -10.0. The first-order chi connectivity index (χ1) is 50.7. The van der Waals surface area contributed by atoms with Crippen LogP contribution in [0, 0.1) is 0 Å². The third-order valence-corrected chi connectivity index (χ3v) is 17.3. The number of carbonyl (C=O) groups excluding carboxylic acids is 4. The molecule has 0 aliphatic heterocycles. The van der Waals surface area contributed by atoms with Crippen molar-refractivity contribution in [2.75, 3.05) is 39.6 Å². The van der Waals surface area contributed by atoms with Crippen molar-refractivity contribution in [2.45, 2.75) is 290 Å². The summed E-state index contributed by atoms with van der Waals surface area (Å²) in [5, 5.41) is 10.6. The molecule has 0 saturated heterocycles. The molecular weight excluding hydrogens is 1350 g/mol. The fourth-order valence-corrected chi connectivity index (χ4v) is 11.1. The number of carbonyl (C=O) groups is 4. The molecule has 19 heteroatoms. The fraction of sp³-hybridized carbons (Fsp3) is 0.600. The maximum absolute atomic E-state index is 13.1. The lowest BCUT2D eigenvalue weighted by Crippen LogP contribution is -2.30. The minimum atomic E-state index is -5.01. The maximum Gasteiger partial charge on any atom is 0.472 e. The molecular formula is C85H136O17P2. The number of rotatable bonds is 71. The highest BCUT2D eigenvalue weighted by molar-refractivity contribution is 7.47. The molecule has 0 aromatic carbocycles. The van der Waals surface area contributed by atoms with Crippen molar-refractivity contribution in [3.63, 3.8) is 0 Å². The largest absolute Gasteiger partial charge is 0.472 e. The number of unbranched alkanes of at least 4 members (excludes halogenated alkanes) is 16. The summed E-state index contributed by atoms with van der Waals surface area (Å²) in [6.07, 6.45) is 90.6. The van der Waals surface area contributed by atoms with Gasteiger partial charge in [-0.1, -0.05) is 274 Å². The van der Waals surface area contributed by atoms with E-state index in [1.54, 1.807) is 6.08 Å². The van der Waals surface area contributed by atoms with Crippen LogP contribution in [0.4, 0.5) is 0 Å². The molecule has 0 bridgehead atoms. The van der Waals surface area contributed by atoms with Gasteiger partial charge in [0.05, 0.1) is 32.8 Å². The van der Waals surface area contributed by atoms with Crippen molar-refractivity contribution >= 4 is 39.5 Å². The van der Waals surface area contributed by atoms with Crippen LogP contribution in [-0.4, -0.2) is 96.7 Å². The summed E-state index contributed by atoms with van der Waals surface area (Å²) < 4.78 is 68.3. The summed E-state index contributed by atoms with van der Waals surface area (Å²) in [5.41, 5.74) is 0. The van der Waals surface area contributed by atoms with E-state index in [9.17, 15) is 43.2 Å². The van der Waals surface area contributed by atoms with Crippen LogP contribution in [0.3, 0.4) is 0 Å². The van der Waals surface area contributed by atoms with Gasteiger partial charge in [0, 0.05) is 19.3 Å². The van der Waals surface area contributed by atoms with Crippen LogP contribution in [0.1, 0.15) is 272 Å². The van der Waals surface area contributed by atoms with E-state index in [-0.39, 0.29) is 25.7 Å². The van der Waals surface area contributed by atoms with Gasteiger partial charge in [0.25, 0.3) is 0 Å². The minimum Gasteiger partial charge on any atom is -0.462 e. The number of ether oxygens (including phenoxy) is 4. The number of aliphatic hydroxyl groups is 1. The topological polar surface area (TPSA) is 237 Å². The number of esters is 4. The second-order valence-electron chi connectivity index (χ2n) is 25.2. The molecule has 5 unspecified atom stereocenters. The van der Waals surface area contributed by atoms with E-state index in [4.69, 9.17) is 37.0 Å². The number of hydrogen-bond donors (Lipinski definition) is 3. The predicted molar refractivity (Wildman–Crippen MR) is 426 cm³/mol. The SMILES string of the molecule is CC/C=C\C/C=C\C/C=C\C/C=C\C/C=C\C/C=C\CCC(=O)OCC(COP(=O)(O)OCC(O)COP(=O)(O)OCC(COC(=O)C/C=C\C/C=C\C/C=C\C/C=C\C/C=C\CC)OC(=O)CCCCCCC/C=C\C/C=C\CCCCC)OC(=O)CCCCCCC/C=C\C/C=C\CCCCC. The molecule has 0 saturated carbocycles. The van der Waals surface area contributed by atoms with Crippen LogP contribution < -0.4 is 0 Å². The molecule has 0 amide bonds. The molecule has 0 spiro atoms. The molecule has 0 radical (unpaired) electrons. The number of aliphatic hydroxyl groups excluding tert-OH is 1. The number of phosphoric acid groups is 2. The second kappa shape index (κ2) is 75.4. The second-order valence-corrected chi connectivity index (χ2v) is 28.1. The monoisotopic (exact) mass is 1490 g/mol. The molecule has 0 fully saturated rings. The fourth-order valence-electron chi connectivity index (χ4n) is 9.50. The first-order valence-corrected chi connectivity index (χ1v) is 42.0. The normalized spacial score (nSPS) is 14.9. The zero-order chi connectivity index (χ0) is 76.0. The Kier molecular flexibility index (Phi) is 71.2. The third kappa shape index (κ3) is 74.4. The standard InChI is InChI=1S/C85H136O17P2/c1-5-9-13-17-21-25-29-33-37-38-39-40-44-46-50-54-58-62-66-70-83(88)96-76-81(102-85(90)72-68-64-60-56-52-48-43-36-32-28-24-20-16-12-8-4)78-100-104(93,94)98-74-79(86)73-97-103(91,92)99-77-80(101-84(89)71-67-63-59-55-51-47-42-35-31-27-23-19-15-11-7-3)75-95-82(87)69-65-61-57-53-49-45-41-34-30-26-22-18-14-10-6-2/h9-10,13-14,21-28,33-37,39-43,46,49-50,53,58,61-62,65,79-81,86H,5-8,11-12,15-20,29-32,38,44-45,47-48,51-52,54-57,59-60,63-64,66-78H2,1-4H3,(H,91,92)(H,93,94)/b13-9-,14-10-,25-21-,26-22-,27-23-,28-24-,37-33-,40-39-,41-34-,42-35-,43-36-,50-46-,53-49-,62-58-,65-61-. The van der Waals surface area contributed by atoms with E-state index in [0.717, 1.165) is 148 Å². The zero-order valence-corrected chi connectivity index (χ0v) is 65.9. The smallest absolute Gasteiger partial charge is 0.462 e. The third-order valence-electron chi connectivity index (χ3n) is 15.4. The van der Waals surface area contributed by atoms with Crippen molar-refractivity contribution in [2.24, 2.45) is 0 Å². The van der Waals surface area contributed by atoms with Crippen molar-refractivity contribution in [1.82, 2.24) is 0 Å². The van der Waals surface area contributed by atoms with E-state index in [1.807, 2.05) is 36.5 Å². The van der Waals surface area contributed by atoms with Gasteiger partial charge in [-0.3, -0.25) is 37.3 Å². The van der Waals surface area contributed by atoms with E-state index >= 15 is 0 Å². The number of phosphoric ester groups is 2. The van der Waals surface area contributed by atoms with E-state index in [2.05, 4.69) is 167 Å². The lowest BCUT2D eigenvalue weighted by Gasteiger charge is -2.21. The Morgan fingerprint density at radius 3 is 0.894 bits per heavy atom. The van der Waals surface area contributed by atoms with Gasteiger partial charge in [-0.05, 0) is 154 Å². The van der Waals surface area contributed by atoms with Crippen LogP contribution in [0.15, 0.2) is 182 Å². The van der Waals surface area contributed by atoms with Crippen LogP contribution >= 0.6 is 15.6 Å². The molecule has 17 nitrogen and oxygen atoms in total. The molecule has 5 atom stereocenters. The van der Waals surface area contributed by atoms with Crippen molar-refractivity contribution < 1.29 is 80.2 Å². The highest BCUT2D eigenvalue weighted by Crippen LogP contribution is 2.45. The Hall–Kier alpha value is -5.84. The Morgan fingerprint density at radius 2 is 0.558 bits per heavy atom. The quantitative estimate of drug-likeness (QED) is 0.0169. The molecule has 0 aromatic heterocycles. The average Bonchev–Trinajstić information content (AvgIpc) is 0.918. The molecule has 0 aromatic rings. The summed E-state index contributed by atoms with van der Waals surface area (Å²) in [6.45, 7) is 4.33. The van der Waals surface area contributed by atoms with Gasteiger partial charge < -0.3 is 33.8 Å². The lowest BCUT2D eigenvalue weighted by atomic mass is 10.1. The van der Waals surface area contributed by atoms with E-state index < -0.39 is 97.5 Å². The van der Waals surface area contributed by atoms with Gasteiger partial charge in [-0.2, -0.15) is 0 Å². The Labute approximate surface area is 628 Å². The summed E-state index contributed by atoms with van der Waals surface area (Å²) in [5.74, 6) is -2.47. The Balaban J connectivity index is 5.53. The molecule has 0 aliphatic carbocycles. The molecule has 0 rings (SSSR count). The van der Waals surface area contributed by atoms with Gasteiger partial charge in [0.2, 0.25) is 0 Å². The maximum atomic E-state index is 13.1. The Bertz CT molecular complexity index is 2690. The highest BCUT2D eigenvalue weighted by atomic mass is 31.2. The minimum absolute atomic E-state index is 0.0245. The lowest BCUT2D eigenvalue weighted by molar-refractivity contribution is -0.161. The first kappa shape index (κ1) is 98.2. The highest BCUT2D eigenvalue weighted by Gasteiger charge is 2.30. The van der Waals surface area contributed by atoms with Gasteiger partial charge in [0.1, 0.15) is 19.3 Å². The number of hydrogen-bond acceptors (Lipinski definition) is 15. The molecule has 0 heterocycles. The van der Waals surface area contributed by atoms with Crippen LogP contribution in [0.2, 0.25) is 0 Å². The zero-order valence-electron chi connectivity index (χ0n) is 64.1. The first-order valence-electron chi connectivity index (χ1n) is 39.0. The summed E-state index contributed by atoms with van der Waals surface area (Å²) >= 11 is 0. The summed E-state index contributed by atoms with van der Waals surface area (Å²) in [4.78, 5) is 72.9. The predicted octanol–water partition coefficient (Wildman–Crippen LogP) is 22.8. The van der Waals surface area contributed by atoms with Gasteiger partial charge >= 0.3 is 39.5 Å². The van der Waals surface area contributed by atoms with E-state index in [1.165, 1.54) is 38.5 Å². The molecule has 3 N–H and O–H groups in total. The summed E-state index contributed by atoms with van der Waals surface area (Å²) in [6, 6.07) is 0. The molecule has 588 valence electrons. The van der Waals surface area contributed by atoms with Crippen molar-refractivity contribution in [1.29, 1.82) is 0 Å². The number of allylic oxidation sites excluding steroid dienone is 29. The molecule has 0 aliphatic rings. The van der Waals surface area contributed by atoms with Crippen LogP contribution in [-0.2, 0) is 65.4 Å². The Morgan fingerprint density at radius 1 is 0.288 bits per heavy atom. The average molecular weight is 1490 g/mol. The van der Waals surface area contributed by atoms with Gasteiger partial charge in [-0.15, -0.1) is 0 Å². The van der Waals surface area contributed by atoms with E-state index in [0.29, 0.717) is 32.1 Å².